The van der Waals surface area contributed by atoms with Crippen LogP contribution in [0.3, 0.4) is 0 Å². The number of benzene rings is 1. The molecule has 0 aliphatic heterocycles. The topological polar surface area (TPSA) is 77.0 Å². The van der Waals surface area contributed by atoms with Crippen LogP contribution in [-0.2, 0) is 19.2 Å². The van der Waals surface area contributed by atoms with E-state index in [0.717, 1.165) is 5.56 Å². The minimum absolute atomic E-state index is 0.222. The lowest BCUT2D eigenvalue weighted by molar-refractivity contribution is -0.117. The quantitative estimate of drug-likeness (QED) is 0.331. The summed E-state index contributed by atoms with van der Waals surface area (Å²) in [6.45, 7) is 6.06. The molecule has 0 radical (unpaired) electrons. The normalized spacial score (nSPS) is 14.8. The van der Waals surface area contributed by atoms with E-state index in [1.165, 1.54) is 0 Å². The lowest BCUT2D eigenvalue weighted by Gasteiger charge is -2.11. The fourth-order valence-corrected chi connectivity index (χ4v) is 3.63. The molecule has 138 valence electrons. The number of nitrogens with zero attached hydrogens (tertiary/aromatic N) is 1. The van der Waals surface area contributed by atoms with Crippen molar-refractivity contribution in [3.05, 3.63) is 35.4 Å². The molecule has 0 fully saturated rings. The van der Waals surface area contributed by atoms with Crippen molar-refractivity contribution < 1.29 is 18.5 Å². The smallest absolute Gasteiger partial charge is 0.247 e. The van der Waals surface area contributed by atoms with E-state index in [-0.39, 0.29) is 5.91 Å². The fourth-order valence-electron chi connectivity index (χ4n) is 2.14. The largest absolute Gasteiger partial charge is 0.497 e. The van der Waals surface area contributed by atoms with Crippen LogP contribution in [0.1, 0.15) is 19.4 Å². The van der Waals surface area contributed by atoms with Crippen LogP contribution in [0.15, 0.2) is 39.1 Å². The minimum Gasteiger partial charge on any atom is -0.497 e. The molecule has 0 saturated heterocycles. The van der Waals surface area contributed by atoms with Crippen molar-refractivity contribution in [3.8, 4) is 5.75 Å². The highest BCUT2D eigenvalue weighted by molar-refractivity contribution is 7.99. The summed E-state index contributed by atoms with van der Waals surface area (Å²) in [6, 6.07) is 5.28. The predicted octanol–water partition coefficient (Wildman–Crippen LogP) is 2.16. The van der Waals surface area contributed by atoms with Gasteiger partial charge in [0.25, 0.3) is 0 Å². The fraction of sp³-hybridized carbons (Fsp3) is 0.389. The maximum absolute atomic E-state index is 12.9. The van der Waals surface area contributed by atoms with E-state index in [1.807, 2.05) is 13.0 Å². The third kappa shape index (κ3) is 6.36. The molecule has 0 saturated carbocycles. The molecule has 1 atom stereocenters. The summed E-state index contributed by atoms with van der Waals surface area (Å²) in [5.41, 5.74) is 1.74. The number of nitrogens with one attached hydrogen (secondary N) is 1. The zero-order chi connectivity index (χ0) is 19.0. The van der Waals surface area contributed by atoms with Gasteiger partial charge in [0.05, 0.1) is 28.3 Å². The molecular formula is C18H26N2O4S. The Balaban J connectivity index is 3.03. The summed E-state index contributed by atoms with van der Waals surface area (Å²) < 4.78 is 27.2. The van der Waals surface area contributed by atoms with Crippen LogP contribution >= 0.6 is 0 Å². The molecular weight excluding hydrogens is 340 g/mol. The van der Waals surface area contributed by atoms with E-state index < -0.39 is 9.71 Å². The number of ether oxygens (including phenoxy) is 2. The van der Waals surface area contributed by atoms with E-state index in [1.54, 1.807) is 46.3 Å². The van der Waals surface area contributed by atoms with Gasteiger partial charge in [-0.1, -0.05) is 6.07 Å². The Labute approximate surface area is 150 Å². The van der Waals surface area contributed by atoms with Crippen molar-refractivity contribution in [3.63, 3.8) is 0 Å². The summed E-state index contributed by atoms with van der Waals surface area (Å²) >= 11 is 0. The molecule has 1 unspecified atom stereocenters. The number of hydrogen-bond donors (Lipinski definition) is 1. The summed E-state index contributed by atoms with van der Waals surface area (Å²) in [7, 11) is 0.207. The molecule has 6 nitrogen and oxygen atoms in total. The molecule has 0 aliphatic rings. The monoisotopic (exact) mass is 366 g/mol. The van der Waals surface area contributed by atoms with Crippen LogP contribution in [0, 0.1) is 6.92 Å². The Morgan fingerprint density at radius 2 is 2.04 bits per heavy atom. The van der Waals surface area contributed by atoms with Crippen LogP contribution < -0.4 is 10.1 Å². The SMILES string of the molecule is C=S(=O)(N=C(C)/C=C(\C)C(=O)NCCOC)c1cc(OC)ccc1C. The highest BCUT2D eigenvalue weighted by atomic mass is 32.2. The van der Waals surface area contributed by atoms with Gasteiger partial charge in [-0.25, -0.2) is 4.21 Å². The summed E-state index contributed by atoms with van der Waals surface area (Å²) in [4.78, 5) is 12.4. The average molecular weight is 366 g/mol. The Hall–Kier alpha value is -2.12. The van der Waals surface area contributed by atoms with Crippen molar-refractivity contribution in [1.82, 2.24) is 5.32 Å². The highest BCUT2D eigenvalue weighted by Gasteiger charge is 2.12. The van der Waals surface area contributed by atoms with E-state index in [0.29, 0.717) is 35.1 Å². The first kappa shape index (κ1) is 20.9. The van der Waals surface area contributed by atoms with Crippen LogP contribution in [0.2, 0.25) is 0 Å². The van der Waals surface area contributed by atoms with Gasteiger partial charge in [-0.15, -0.1) is 0 Å². The maximum atomic E-state index is 12.9. The predicted molar refractivity (Wildman–Crippen MR) is 103 cm³/mol. The van der Waals surface area contributed by atoms with Gasteiger partial charge in [0, 0.05) is 24.9 Å². The molecule has 1 aromatic rings. The number of methoxy groups -OCH3 is 2. The summed E-state index contributed by atoms with van der Waals surface area (Å²) in [6.07, 6.45) is 1.59. The van der Waals surface area contributed by atoms with Gasteiger partial charge in [0.2, 0.25) is 5.91 Å². The molecule has 0 spiro atoms. The van der Waals surface area contributed by atoms with Gasteiger partial charge in [-0.2, -0.15) is 4.40 Å². The maximum Gasteiger partial charge on any atom is 0.247 e. The molecule has 0 aromatic heterocycles. The standard InChI is InChI=1S/C18H26N2O4S/c1-13-7-8-16(24-5)12-17(13)25(6,22)20-15(3)11-14(2)18(21)19-9-10-23-4/h7-8,11-12H,6,9-10H2,1-5H3,(H,19,21)/b14-11+,20-15?. The van der Waals surface area contributed by atoms with E-state index >= 15 is 0 Å². The van der Waals surface area contributed by atoms with Crippen LogP contribution in [0.4, 0.5) is 0 Å². The highest BCUT2D eigenvalue weighted by Crippen LogP contribution is 2.23. The van der Waals surface area contributed by atoms with Crippen molar-refractivity contribution in [2.45, 2.75) is 25.7 Å². The lowest BCUT2D eigenvalue weighted by Crippen LogP contribution is -2.27. The minimum atomic E-state index is -2.90. The third-order valence-corrected chi connectivity index (χ3v) is 5.12. The zero-order valence-electron chi connectivity index (χ0n) is 15.4. The number of allylic oxidation sites excluding steroid dienone is 1. The molecule has 1 aromatic carbocycles. The second-order valence-electron chi connectivity index (χ2n) is 5.58. The van der Waals surface area contributed by atoms with E-state index in [4.69, 9.17) is 9.47 Å². The Morgan fingerprint density at radius 1 is 1.36 bits per heavy atom. The number of aryl methyl sites for hydroxylation is 1. The number of rotatable bonds is 8. The first-order valence-corrected chi connectivity index (χ1v) is 9.43. The van der Waals surface area contributed by atoms with Gasteiger partial charge in [0.15, 0.2) is 0 Å². The molecule has 0 aliphatic carbocycles. The first-order chi connectivity index (χ1) is 11.7. The summed E-state index contributed by atoms with van der Waals surface area (Å²) in [5, 5.41) is 2.72. The molecule has 1 rings (SSSR count). The third-order valence-electron chi connectivity index (χ3n) is 3.41. The molecule has 0 heterocycles. The second kappa shape index (κ2) is 9.39. The van der Waals surface area contributed by atoms with Gasteiger partial charge in [-0.3, -0.25) is 4.79 Å². The Morgan fingerprint density at radius 3 is 2.64 bits per heavy atom. The van der Waals surface area contributed by atoms with Crippen LogP contribution in [0.5, 0.6) is 5.75 Å². The van der Waals surface area contributed by atoms with Crippen LogP contribution in [0.25, 0.3) is 0 Å². The molecule has 0 bridgehead atoms. The number of amides is 1. The van der Waals surface area contributed by atoms with Crippen molar-refractivity contribution in [2.24, 2.45) is 4.40 Å². The average Bonchev–Trinajstić information content (AvgIpc) is 2.54. The lowest BCUT2D eigenvalue weighted by atomic mass is 10.2. The Kier molecular flexibility index (Phi) is 7.86. The Bertz CT molecular complexity index is 780. The zero-order valence-corrected chi connectivity index (χ0v) is 16.2. The van der Waals surface area contributed by atoms with Crippen molar-refractivity contribution in [1.29, 1.82) is 0 Å². The molecule has 1 amide bonds. The number of hydrogen-bond acceptors (Lipinski definition) is 4. The summed E-state index contributed by atoms with van der Waals surface area (Å²) in [5.74, 6) is 4.14. The van der Waals surface area contributed by atoms with E-state index in [9.17, 15) is 9.00 Å². The van der Waals surface area contributed by atoms with Gasteiger partial charge in [-0.05, 0) is 50.4 Å². The van der Waals surface area contributed by atoms with Gasteiger partial charge in [0.1, 0.15) is 5.75 Å². The van der Waals surface area contributed by atoms with Crippen molar-refractivity contribution in [2.75, 3.05) is 27.4 Å². The second-order valence-corrected chi connectivity index (χ2v) is 7.48. The van der Waals surface area contributed by atoms with E-state index in [2.05, 4.69) is 15.6 Å². The van der Waals surface area contributed by atoms with Crippen LogP contribution in [-0.4, -0.2) is 49.1 Å². The number of carbonyl (C=O) groups excluding carboxylic acids is 1. The molecule has 25 heavy (non-hydrogen) atoms. The molecule has 1 N–H and O–H groups in total. The molecule has 7 heteroatoms. The number of carbonyl (C=O) groups is 1. The van der Waals surface area contributed by atoms with Gasteiger partial charge >= 0.3 is 0 Å². The first-order valence-electron chi connectivity index (χ1n) is 7.75. The van der Waals surface area contributed by atoms with Gasteiger partial charge < -0.3 is 14.8 Å². The van der Waals surface area contributed by atoms with Crippen molar-refractivity contribution >= 4 is 27.2 Å².